The molecule has 0 fully saturated rings. The third-order valence-corrected chi connectivity index (χ3v) is 6.68. The van der Waals surface area contributed by atoms with Crippen molar-refractivity contribution in [1.29, 1.82) is 0 Å². The second kappa shape index (κ2) is 6.21. The van der Waals surface area contributed by atoms with Gasteiger partial charge in [-0.1, -0.05) is 32.0 Å². The van der Waals surface area contributed by atoms with E-state index in [2.05, 4.69) is 20.7 Å². The monoisotopic (exact) mass is 425 g/mol. The number of fused-ring (bicyclic) bond motifs is 1. The number of aryl methyl sites for hydroxylation is 1. The molecule has 1 aliphatic carbocycles. The number of halogens is 2. The fraction of sp³-hybridized carbons (Fsp3) is 0.278. The lowest BCUT2D eigenvalue weighted by Gasteiger charge is -2.30. The first-order valence-corrected chi connectivity index (χ1v) is 10.0. The molecule has 0 aromatic heterocycles. The predicted octanol–water partition coefficient (Wildman–Crippen LogP) is 4.54. The molecule has 0 saturated carbocycles. The first kappa shape index (κ1) is 18.1. The molecular formula is C18H17BrFNO3S. The molecule has 0 spiro atoms. The van der Waals surface area contributed by atoms with Gasteiger partial charge in [0.15, 0.2) is 5.78 Å². The van der Waals surface area contributed by atoms with Gasteiger partial charge in [-0.3, -0.25) is 9.52 Å². The molecule has 0 amide bonds. The van der Waals surface area contributed by atoms with Crippen molar-refractivity contribution < 1.29 is 17.6 Å². The molecule has 2 aromatic carbocycles. The molecule has 2 aromatic rings. The Kier molecular flexibility index (Phi) is 4.49. The van der Waals surface area contributed by atoms with Crippen LogP contribution < -0.4 is 4.72 Å². The second-order valence-corrected chi connectivity index (χ2v) is 9.15. The number of sulfonamides is 1. The maximum Gasteiger partial charge on any atom is 0.264 e. The van der Waals surface area contributed by atoms with Crippen molar-refractivity contribution in [2.45, 2.75) is 31.6 Å². The van der Waals surface area contributed by atoms with Crippen molar-refractivity contribution in [1.82, 2.24) is 0 Å². The van der Waals surface area contributed by atoms with Gasteiger partial charge in [-0.2, -0.15) is 0 Å². The van der Waals surface area contributed by atoms with Gasteiger partial charge in [0.25, 0.3) is 10.0 Å². The van der Waals surface area contributed by atoms with Crippen LogP contribution in [0.15, 0.2) is 45.8 Å². The van der Waals surface area contributed by atoms with Crippen molar-refractivity contribution in [2.75, 3.05) is 4.72 Å². The van der Waals surface area contributed by atoms with Gasteiger partial charge in [0, 0.05) is 11.0 Å². The zero-order valence-electron chi connectivity index (χ0n) is 13.8. The fourth-order valence-corrected chi connectivity index (χ4v) is 4.86. The van der Waals surface area contributed by atoms with E-state index in [9.17, 15) is 17.6 Å². The molecule has 1 N–H and O–H groups in total. The van der Waals surface area contributed by atoms with Gasteiger partial charge in [-0.25, -0.2) is 12.8 Å². The van der Waals surface area contributed by atoms with E-state index in [1.807, 2.05) is 13.8 Å². The molecule has 0 saturated heterocycles. The maximum absolute atomic E-state index is 13.8. The van der Waals surface area contributed by atoms with E-state index >= 15 is 0 Å². The van der Waals surface area contributed by atoms with E-state index in [-0.39, 0.29) is 11.5 Å². The molecule has 0 unspecified atom stereocenters. The van der Waals surface area contributed by atoms with Crippen LogP contribution in [-0.4, -0.2) is 14.2 Å². The summed E-state index contributed by atoms with van der Waals surface area (Å²) in [4.78, 5) is 12.3. The molecule has 25 heavy (non-hydrogen) atoms. The summed E-state index contributed by atoms with van der Waals surface area (Å²) in [5, 5.41) is 0. The molecule has 0 aliphatic heterocycles. The Morgan fingerprint density at radius 2 is 1.84 bits per heavy atom. The first-order chi connectivity index (χ1) is 11.6. The number of Topliss-reactive ketones (excluding diaryl/α,β-unsaturated/α-hetero) is 1. The number of ketones is 1. The number of hydrogen-bond donors (Lipinski definition) is 1. The third-order valence-electron chi connectivity index (χ3n) is 4.46. The zero-order chi connectivity index (χ0) is 18.4. The highest BCUT2D eigenvalue weighted by molar-refractivity contribution is 9.10. The highest BCUT2D eigenvalue weighted by Gasteiger charge is 2.36. The Balaban J connectivity index is 2.05. The molecule has 4 nitrogen and oxygen atoms in total. The summed E-state index contributed by atoms with van der Waals surface area (Å²) < 4.78 is 41.6. The Morgan fingerprint density at radius 3 is 2.52 bits per heavy atom. The molecule has 0 radical (unpaired) electrons. The number of rotatable bonds is 3. The van der Waals surface area contributed by atoms with Crippen LogP contribution >= 0.6 is 15.9 Å². The summed E-state index contributed by atoms with van der Waals surface area (Å²) in [6.45, 7) is 3.75. The van der Waals surface area contributed by atoms with Crippen LogP contribution in [0.2, 0.25) is 0 Å². The standard InChI is InChI=1S/C18H17BrFNO3S/c1-18(2)10-9-11-7-8-13(16(19)15(11)17(18)22)21-25(23,24)14-6-4-3-5-12(14)20/h3-8,21H,9-10H2,1-2H3. The van der Waals surface area contributed by atoms with Crippen LogP contribution in [0.3, 0.4) is 0 Å². The molecular weight excluding hydrogens is 409 g/mol. The third kappa shape index (κ3) is 3.22. The number of hydrogen-bond acceptors (Lipinski definition) is 3. The smallest absolute Gasteiger partial charge is 0.264 e. The minimum Gasteiger partial charge on any atom is -0.294 e. The highest BCUT2D eigenvalue weighted by Crippen LogP contribution is 2.41. The average Bonchev–Trinajstić information content (AvgIpc) is 2.54. The van der Waals surface area contributed by atoms with E-state index in [1.165, 1.54) is 18.2 Å². The van der Waals surface area contributed by atoms with Crippen LogP contribution in [0, 0.1) is 11.2 Å². The number of anilines is 1. The summed E-state index contributed by atoms with van der Waals surface area (Å²) in [7, 11) is -4.11. The normalized spacial score (nSPS) is 16.4. The van der Waals surface area contributed by atoms with Crippen molar-refractivity contribution in [3.63, 3.8) is 0 Å². The fourth-order valence-electron chi connectivity index (χ4n) is 2.91. The van der Waals surface area contributed by atoms with Gasteiger partial charge in [-0.05, 0) is 52.5 Å². The van der Waals surface area contributed by atoms with Crippen molar-refractivity contribution in [3.8, 4) is 0 Å². The van der Waals surface area contributed by atoms with E-state index in [0.29, 0.717) is 10.0 Å². The van der Waals surface area contributed by atoms with E-state index in [0.717, 1.165) is 24.5 Å². The van der Waals surface area contributed by atoms with Crippen molar-refractivity contribution in [2.24, 2.45) is 5.41 Å². The molecule has 0 atom stereocenters. The Labute approximate surface area is 154 Å². The van der Waals surface area contributed by atoms with E-state index in [1.54, 1.807) is 12.1 Å². The van der Waals surface area contributed by atoms with Gasteiger partial charge in [-0.15, -0.1) is 0 Å². The Hall–Kier alpha value is -1.73. The Bertz CT molecular complexity index is 970. The number of benzene rings is 2. The first-order valence-electron chi connectivity index (χ1n) is 7.77. The maximum atomic E-state index is 13.8. The number of nitrogens with one attached hydrogen (secondary N) is 1. The second-order valence-electron chi connectivity index (χ2n) is 6.71. The van der Waals surface area contributed by atoms with Crippen LogP contribution in [0.1, 0.15) is 36.2 Å². The lowest BCUT2D eigenvalue weighted by Crippen LogP contribution is -2.31. The van der Waals surface area contributed by atoms with E-state index in [4.69, 9.17) is 0 Å². The minimum atomic E-state index is -4.11. The highest BCUT2D eigenvalue weighted by atomic mass is 79.9. The van der Waals surface area contributed by atoms with Crippen LogP contribution in [0.25, 0.3) is 0 Å². The molecule has 7 heteroatoms. The minimum absolute atomic E-state index is 0.0347. The van der Waals surface area contributed by atoms with E-state index < -0.39 is 26.2 Å². The molecule has 132 valence electrons. The zero-order valence-corrected chi connectivity index (χ0v) is 16.2. The topological polar surface area (TPSA) is 63.2 Å². The summed E-state index contributed by atoms with van der Waals surface area (Å²) >= 11 is 3.36. The number of carbonyl (C=O) groups is 1. The van der Waals surface area contributed by atoms with Gasteiger partial charge in [0.1, 0.15) is 10.7 Å². The summed E-state index contributed by atoms with van der Waals surface area (Å²) in [6.07, 6.45) is 1.48. The van der Waals surface area contributed by atoms with Gasteiger partial charge in [0.2, 0.25) is 0 Å². The molecule has 0 bridgehead atoms. The molecule has 3 rings (SSSR count). The lowest BCUT2D eigenvalue weighted by molar-refractivity contribution is 0.0810. The van der Waals surface area contributed by atoms with Crippen molar-refractivity contribution in [3.05, 3.63) is 57.8 Å². The van der Waals surface area contributed by atoms with Gasteiger partial charge >= 0.3 is 0 Å². The Morgan fingerprint density at radius 1 is 1.16 bits per heavy atom. The number of carbonyl (C=O) groups excluding carboxylic acids is 1. The molecule has 1 aliphatic rings. The van der Waals surface area contributed by atoms with Crippen LogP contribution in [0.4, 0.5) is 10.1 Å². The lowest BCUT2D eigenvalue weighted by atomic mass is 9.73. The summed E-state index contributed by atoms with van der Waals surface area (Å²) in [5.41, 5.74) is 1.08. The van der Waals surface area contributed by atoms with Gasteiger partial charge in [0.05, 0.1) is 10.2 Å². The molecule has 0 heterocycles. The van der Waals surface area contributed by atoms with Gasteiger partial charge < -0.3 is 0 Å². The average molecular weight is 426 g/mol. The quantitative estimate of drug-likeness (QED) is 0.784. The predicted molar refractivity (Wildman–Crippen MR) is 97.8 cm³/mol. The summed E-state index contributed by atoms with van der Waals surface area (Å²) in [5.74, 6) is -0.867. The summed E-state index contributed by atoms with van der Waals surface area (Å²) in [6, 6.07) is 8.48. The van der Waals surface area contributed by atoms with Crippen molar-refractivity contribution >= 4 is 37.4 Å². The van der Waals surface area contributed by atoms with Crippen LogP contribution in [0.5, 0.6) is 0 Å². The largest absolute Gasteiger partial charge is 0.294 e. The van der Waals surface area contributed by atoms with Crippen LogP contribution in [-0.2, 0) is 16.4 Å². The SMILES string of the molecule is CC1(C)CCc2ccc(NS(=O)(=O)c3ccccc3F)c(Br)c2C1=O.